The van der Waals surface area contributed by atoms with Crippen molar-refractivity contribution in [2.24, 2.45) is 0 Å². The van der Waals surface area contributed by atoms with Gasteiger partial charge in [0.1, 0.15) is 10.0 Å². The second-order valence-corrected chi connectivity index (χ2v) is 7.92. The molecule has 1 saturated heterocycles. The molecule has 1 N–H and O–H groups in total. The Morgan fingerprint density at radius 2 is 1.96 bits per heavy atom. The van der Waals surface area contributed by atoms with E-state index in [9.17, 15) is 13.2 Å². The van der Waals surface area contributed by atoms with Crippen LogP contribution in [0.5, 0.6) is 0 Å². The van der Waals surface area contributed by atoms with Crippen LogP contribution in [-0.4, -0.2) is 50.9 Å². The number of aromatic nitrogens is 1. The molecule has 9 heteroatoms. The summed E-state index contributed by atoms with van der Waals surface area (Å²) in [4.78, 5) is 18.7. The summed E-state index contributed by atoms with van der Waals surface area (Å²) in [6, 6.07) is 6.71. The van der Waals surface area contributed by atoms with E-state index in [4.69, 9.17) is 0 Å². The van der Waals surface area contributed by atoms with Gasteiger partial charge in [0.2, 0.25) is 6.41 Å². The van der Waals surface area contributed by atoms with E-state index >= 15 is 0 Å². The number of nitrogens with zero attached hydrogens (tertiary/aromatic N) is 3. The van der Waals surface area contributed by atoms with Crippen molar-refractivity contribution in [3.8, 4) is 0 Å². The highest BCUT2D eigenvalue weighted by Gasteiger charge is 2.18. The fourth-order valence-electron chi connectivity index (χ4n) is 2.32. The highest BCUT2D eigenvalue weighted by Crippen LogP contribution is 2.21. The van der Waals surface area contributed by atoms with Gasteiger partial charge >= 0.3 is 0 Å². The maximum Gasteiger partial charge on any atom is 0.272 e. The molecule has 0 bridgehead atoms. The third-order valence-electron chi connectivity index (χ3n) is 3.58. The van der Waals surface area contributed by atoms with Crippen LogP contribution in [0.1, 0.15) is 0 Å². The van der Waals surface area contributed by atoms with E-state index in [1.165, 1.54) is 0 Å². The van der Waals surface area contributed by atoms with E-state index in [0.29, 0.717) is 13.1 Å². The SMILES string of the molecule is O=CN1CCN(c2ccc(NS(=O)(=O)c3cccs3)nc2)CC1. The zero-order chi connectivity index (χ0) is 16.3. The molecule has 0 atom stereocenters. The second-order valence-electron chi connectivity index (χ2n) is 5.07. The largest absolute Gasteiger partial charge is 0.367 e. The van der Waals surface area contributed by atoms with Crippen molar-refractivity contribution in [3.63, 3.8) is 0 Å². The summed E-state index contributed by atoms with van der Waals surface area (Å²) in [6.45, 7) is 2.83. The molecule has 122 valence electrons. The van der Waals surface area contributed by atoms with Crippen molar-refractivity contribution in [1.82, 2.24) is 9.88 Å². The average Bonchev–Trinajstić information content (AvgIpc) is 3.11. The van der Waals surface area contributed by atoms with Crippen molar-refractivity contribution in [1.29, 1.82) is 0 Å². The summed E-state index contributed by atoms with van der Waals surface area (Å²) in [6.07, 6.45) is 2.50. The maximum atomic E-state index is 12.1. The highest BCUT2D eigenvalue weighted by molar-refractivity contribution is 7.94. The van der Waals surface area contributed by atoms with Gasteiger partial charge in [-0.1, -0.05) is 6.07 Å². The third kappa shape index (κ3) is 3.62. The molecule has 0 aromatic carbocycles. The number of thiophene rings is 1. The first kappa shape index (κ1) is 15.8. The summed E-state index contributed by atoms with van der Waals surface area (Å²) in [5.41, 5.74) is 0.912. The molecule has 0 spiro atoms. The monoisotopic (exact) mass is 352 g/mol. The van der Waals surface area contributed by atoms with E-state index in [1.54, 1.807) is 34.7 Å². The molecule has 0 unspecified atom stereocenters. The molecule has 1 aliphatic rings. The molecule has 1 aliphatic heterocycles. The van der Waals surface area contributed by atoms with Crippen LogP contribution in [0.25, 0.3) is 0 Å². The van der Waals surface area contributed by atoms with Gasteiger partial charge in [-0.15, -0.1) is 11.3 Å². The standard InChI is InChI=1S/C14H16N4O3S2/c19-11-17-5-7-18(8-6-17)12-3-4-13(15-10-12)16-23(20,21)14-2-1-9-22-14/h1-4,9-11H,5-8H2,(H,15,16). The summed E-state index contributed by atoms with van der Waals surface area (Å²) in [5.74, 6) is 0.286. The number of hydrogen-bond donors (Lipinski definition) is 1. The van der Waals surface area contributed by atoms with Crippen LogP contribution in [0, 0.1) is 0 Å². The Labute approximate surface area is 138 Å². The first-order chi connectivity index (χ1) is 11.1. The molecule has 2 aromatic rings. The van der Waals surface area contributed by atoms with Gasteiger partial charge in [0.05, 0.1) is 11.9 Å². The number of anilines is 2. The number of rotatable bonds is 5. The van der Waals surface area contributed by atoms with Crippen molar-refractivity contribution in [2.45, 2.75) is 4.21 Å². The number of piperazine rings is 1. The van der Waals surface area contributed by atoms with Crippen LogP contribution in [0.3, 0.4) is 0 Å². The van der Waals surface area contributed by atoms with Crippen LogP contribution < -0.4 is 9.62 Å². The van der Waals surface area contributed by atoms with Crippen LogP contribution in [-0.2, 0) is 14.8 Å². The number of carbonyl (C=O) groups excluding carboxylic acids is 1. The summed E-state index contributed by atoms with van der Waals surface area (Å²) >= 11 is 1.16. The van der Waals surface area contributed by atoms with Crippen molar-refractivity contribution in [2.75, 3.05) is 35.8 Å². The molecule has 1 amide bonds. The minimum absolute atomic E-state index is 0.258. The minimum Gasteiger partial charge on any atom is -0.367 e. The Hall–Kier alpha value is -2.13. The molecule has 0 radical (unpaired) electrons. The smallest absolute Gasteiger partial charge is 0.272 e. The lowest BCUT2D eigenvalue weighted by Gasteiger charge is -2.33. The van der Waals surface area contributed by atoms with Crippen molar-refractivity contribution >= 4 is 39.3 Å². The molecule has 1 fully saturated rings. The molecular formula is C14H16N4O3S2. The summed E-state index contributed by atoms with van der Waals surface area (Å²) in [7, 11) is -3.57. The number of nitrogens with one attached hydrogen (secondary N) is 1. The minimum atomic E-state index is -3.57. The van der Waals surface area contributed by atoms with Crippen molar-refractivity contribution in [3.05, 3.63) is 35.8 Å². The number of hydrogen-bond acceptors (Lipinski definition) is 6. The van der Waals surface area contributed by atoms with Gasteiger partial charge in [-0.25, -0.2) is 13.4 Å². The topological polar surface area (TPSA) is 82.6 Å². The van der Waals surface area contributed by atoms with E-state index in [2.05, 4.69) is 14.6 Å². The van der Waals surface area contributed by atoms with Crippen molar-refractivity contribution < 1.29 is 13.2 Å². The maximum absolute atomic E-state index is 12.1. The predicted molar refractivity (Wildman–Crippen MR) is 89.2 cm³/mol. The van der Waals surface area contributed by atoms with E-state index in [1.807, 2.05) is 6.07 Å². The fourth-order valence-corrected chi connectivity index (χ4v) is 4.32. The number of sulfonamides is 1. The lowest BCUT2D eigenvalue weighted by molar-refractivity contribution is -0.118. The second kappa shape index (κ2) is 6.55. The molecule has 0 saturated carbocycles. The first-order valence-corrected chi connectivity index (χ1v) is 9.41. The van der Waals surface area contributed by atoms with Gasteiger partial charge in [-0.2, -0.15) is 0 Å². The molecule has 3 rings (SSSR count). The Morgan fingerprint density at radius 3 is 2.52 bits per heavy atom. The Morgan fingerprint density at radius 1 is 1.17 bits per heavy atom. The van der Waals surface area contributed by atoms with Crippen LogP contribution in [0.4, 0.5) is 11.5 Å². The highest BCUT2D eigenvalue weighted by atomic mass is 32.2. The Kier molecular flexibility index (Phi) is 4.49. The summed E-state index contributed by atoms with van der Waals surface area (Å²) < 4.78 is 27.0. The Bertz CT molecular complexity index is 752. The fraction of sp³-hybridized carbons (Fsp3) is 0.286. The van der Waals surface area contributed by atoms with Crippen LogP contribution >= 0.6 is 11.3 Å². The molecule has 2 aromatic heterocycles. The van der Waals surface area contributed by atoms with Gasteiger partial charge in [0, 0.05) is 26.2 Å². The number of amides is 1. The first-order valence-electron chi connectivity index (χ1n) is 7.05. The summed E-state index contributed by atoms with van der Waals surface area (Å²) in [5, 5.41) is 1.71. The molecule has 7 nitrogen and oxygen atoms in total. The normalized spacial score (nSPS) is 15.5. The van der Waals surface area contributed by atoms with Crippen LogP contribution in [0.15, 0.2) is 40.1 Å². The molecule has 0 aliphatic carbocycles. The number of carbonyl (C=O) groups is 1. The van der Waals surface area contributed by atoms with E-state index in [0.717, 1.165) is 36.5 Å². The third-order valence-corrected chi connectivity index (χ3v) is 6.33. The molecular weight excluding hydrogens is 336 g/mol. The lowest BCUT2D eigenvalue weighted by atomic mass is 10.3. The van der Waals surface area contributed by atoms with Crippen LogP contribution in [0.2, 0.25) is 0 Å². The van der Waals surface area contributed by atoms with E-state index in [-0.39, 0.29) is 10.0 Å². The van der Waals surface area contributed by atoms with Gasteiger partial charge in [0.15, 0.2) is 0 Å². The number of pyridine rings is 1. The van der Waals surface area contributed by atoms with E-state index < -0.39 is 10.0 Å². The zero-order valence-electron chi connectivity index (χ0n) is 12.3. The lowest BCUT2D eigenvalue weighted by Crippen LogP contribution is -2.45. The van der Waals surface area contributed by atoms with Gasteiger partial charge in [-0.3, -0.25) is 9.52 Å². The molecule has 3 heterocycles. The van der Waals surface area contributed by atoms with Gasteiger partial charge in [-0.05, 0) is 23.6 Å². The quantitative estimate of drug-likeness (QED) is 0.818. The average molecular weight is 352 g/mol. The van der Waals surface area contributed by atoms with Gasteiger partial charge < -0.3 is 9.80 Å². The zero-order valence-corrected chi connectivity index (χ0v) is 13.9. The Balaban J connectivity index is 1.67. The van der Waals surface area contributed by atoms with Gasteiger partial charge in [0.25, 0.3) is 10.0 Å². The predicted octanol–water partition coefficient (Wildman–Crippen LogP) is 1.22. The molecule has 23 heavy (non-hydrogen) atoms.